The lowest BCUT2D eigenvalue weighted by Gasteiger charge is -2.51. The third kappa shape index (κ3) is 2.11. The first-order chi connectivity index (χ1) is 11.4. The van der Waals surface area contributed by atoms with Gasteiger partial charge in [-0.2, -0.15) is 0 Å². The second-order valence-electron chi connectivity index (χ2n) is 6.52. The standard InChI is InChI=1S/C19H18.2C2H6/c1-3-9-17-14(7-1)16-12-13-6-5-11-19(13,17)18-10-4-2-8-15(16)18;2*1-2/h1-4,7-10,13,16H,5-6,11-12H2;2*1-2H3. The number of hydrogen-bond acceptors (Lipinski definition) is 0. The third-order valence-electron chi connectivity index (χ3n) is 5.97. The fourth-order valence-electron chi connectivity index (χ4n) is 5.37. The molecule has 1 atom stereocenters. The van der Waals surface area contributed by atoms with Crippen molar-refractivity contribution < 1.29 is 0 Å². The van der Waals surface area contributed by atoms with Crippen LogP contribution >= 0.6 is 0 Å². The minimum Gasteiger partial charge on any atom is -0.0683 e. The predicted octanol–water partition coefficient (Wildman–Crippen LogP) is 6.67. The minimum atomic E-state index is 0.363. The Morgan fingerprint density at radius 2 is 1.30 bits per heavy atom. The lowest BCUT2D eigenvalue weighted by molar-refractivity contribution is 0.283. The zero-order chi connectivity index (χ0) is 16.4. The molecule has 2 bridgehead atoms. The van der Waals surface area contributed by atoms with Crippen molar-refractivity contribution >= 4 is 0 Å². The molecule has 0 saturated heterocycles. The van der Waals surface area contributed by atoms with E-state index in [1.165, 1.54) is 25.7 Å². The van der Waals surface area contributed by atoms with E-state index in [9.17, 15) is 0 Å². The van der Waals surface area contributed by atoms with Crippen LogP contribution in [-0.4, -0.2) is 0 Å². The summed E-state index contributed by atoms with van der Waals surface area (Å²) in [4.78, 5) is 0. The van der Waals surface area contributed by atoms with Crippen molar-refractivity contribution in [2.45, 2.75) is 64.7 Å². The molecular weight excluding hydrogens is 276 g/mol. The SMILES string of the molecule is CC.CC.c1ccc2c(c1)C1CC3CCCC23c2ccccc21. The predicted molar refractivity (Wildman–Crippen MR) is 100 cm³/mol. The molecule has 4 aliphatic rings. The van der Waals surface area contributed by atoms with E-state index >= 15 is 0 Å². The van der Waals surface area contributed by atoms with Crippen molar-refractivity contribution in [2.24, 2.45) is 5.92 Å². The van der Waals surface area contributed by atoms with Crippen LogP contribution in [0, 0.1) is 5.92 Å². The van der Waals surface area contributed by atoms with Crippen molar-refractivity contribution in [2.75, 3.05) is 0 Å². The highest BCUT2D eigenvalue weighted by Gasteiger charge is 2.55. The average Bonchev–Trinajstić information content (AvgIpc) is 3.11. The molecule has 1 spiro atoms. The van der Waals surface area contributed by atoms with Crippen LogP contribution in [0.3, 0.4) is 0 Å². The molecule has 0 radical (unpaired) electrons. The number of rotatable bonds is 0. The zero-order valence-electron chi connectivity index (χ0n) is 15.1. The van der Waals surface area contributed by atoms with Gasteiger partial charge < -0.3 is 0 Å². The first-order valence-corrected chi connectivity index (χ1v) is 9.60. The van der Waals surface area contributed by atoms with Crippen LogP contribution in [0.4, 0.5) is 0 Å². The summed E-state index contributed by atoms with van der Waals surface area (Å²) in [5.74, 6) is 1.56. The largest absolute Gasteiger partial charge is 0.0683 e. The Kier molecular flexibility index (Phi) is 4.62. The summed E-state index contributed by atoms with van der Waals surface area (Å²) < 4.78 is 0. The fourth-order valence-corrected chi connectivity index (χ4v) is 5.37. The van der Waals surface area contributed by atoms with E-state index in [1.54, 1.807) is 22.3 Å². The van der Waals surface area contributed by atoms with E-state index in [4.69, 9.17) is 0 Å². The Labute approximate surface area is 141 Å². The van der Waals surface area contributed by atoms with Gasteiger partial charge in [-0.25, -0.2) is 0 Å². The molecule has 4 aliphatic carbocycles. The Bertz CT molecular complexity index is 620. The summed E-state index contributed by atoms with van der Waals surface area (Å²) >= 11 is 0. The summed E-state index contributed by atoms with van der Waals surface area (Å²) in [5.41, 5.74) is 6.93. The molecule has 0 nitrogen and oxygen atoms in total. The minimum absolute atomic E-state index is 0.363. The van der Waals surface area contributed by atoms with Gasteiger partial charge in [0.05, 0.1) is 0 Å². The second-order valence-corrected chi connectivity index (χ2v) is 6.52. The highest BCUT2D eigenvalue weighted by atomic mass is 14.6. The molecule has 6 rings (SSSR count). The van der Waals surface area contributed by atoms with Crippen LogP contribution in [0.25, 0.3) is 0 Å². The van der Waals surface area contributed by atoms with Gasteiger partial charge in [-0.15, -0.1) is 0 Å². The Morgan fingerprint density at radius 3 is 1.87 bits per heavy atom. The molecule has 1 unspecified atom stereocenters. The lowest BCUT2D eigenvalue weighted by atomic mass is 9.52. The number of hydrogen-bond donors (Lipinski definition) is 0. The Balaban J connectivity index is 0.000000365. The molecule has 0 heteroatoms. The maximum absolute atomic E-state index is 2.41. The first-order valence-electron chi connectivity index (χ1n) is 9.60. The maximum Gasteiger partial charge on any atom is 0.0237 e. The van der Waals surface area contributed by atoms with Gasteiger partial charge in [0.1, 0.15) is 0 Å². The Morgan fingerprint density at radius 1 is 0.783 bits per heavy atom. The van der Waals surface area contributed by atoms with E-state index in [0.29, 0.717) is 11.3 Å². The molecule has 23 heavy (non-hydrogen) atoms. The molecule has 2 aromatic rings. The molecule has 0 aliphatic heterocycles. The quantitative estimate of drug-likeness (QED) is 0.509. The van der Waals surface area contributed by atoms with Crippen molar-refractivity contribution in [3.05, 3.63) is 70.8 Å². The van der Waals surface area contributed by atoms with Gasteiger partial charge in [-0.05, 0) is 47.4 Å². The summed E-state index contributed by atoms with van der Waals surface area (Å²) in [6, 6.07) is 18.5. The number of benzene rings is 2. The van der Waals surface area contributed by atoms with Gasteiger partial charge in [-0.1, -0.05) is 82.6 Å². The smallest absolute Gasteiger partial charge is 0.0237 e. The summed E-state index contributed by atoms with van der Waals surface area (Å²) in [5, 5.41) is 0. The van der Waals surface area contributed by atoms with Crippen molar-refractivity contribution in [1.29, 1.82) is 0 Å². The van der Waals surface area contributed by atoms with Crippen LogP contribution < -0.4 is 0 Å². The zero-order valence-corrected chi connectivity index (χ0v) is 15.1. The third-order valence-corrected chi connectivity index (χ3v) is 5.97. The topological polar surface area (TPSA) is 0 Å². The molecule has 1 fully saturated rings. The molecule has 0 aromatic heterocycles. The molecule has 122 valence electrons. The summed E-state index contributed by atoms with van der Waals surface area (Å²) in [6.45, 7) is 8.00. The summed E-state index contributed by atoms with van der Waals surface area (Å²) in [6.07, 6.45) is 5.58. The molecule has 0 amide bonds. The highest BCUT2D eigenvalue weighted by molar-refractivity contribution is 5.60. The Hall–Kier alpha value is -1.56. The van der Waals surface area contributed by atoms with Crippen LogP contribution in [0.5, 0.6) is 0 Å². The van der Waals surface area contributed by atoms with Crippen LogP contribution in [0.2, 0.25) is 0 Å². The molecule has 1 saturated carbocycles. The van der Waals surface area contributed by atoms with E-state index in [-0.39, 0.29) is 0 Å². The molecule has 0 N–H and O–H groups in total. The van der Waals surface area contributed by atoms with Gasteiger partial charge in [0.2, 0.25) is 0 Å². The first kappa shape index (κ1) is 16.3. The van der Waals surface area contributed by atoms with Crippen LogP contribution in [0.1, 0.15) is 81.5 Å². The average molecular weight is 306 g/mol. The van der Waals surface area contributed by atoms with E-state index < -0.39 is 0 Å². The van der Waals surface area contributed by atoms with Gasteiger partial charge in [-0.3, -0.25) is 0 Å². The second kappa shape index (κ2) is 6.51. The van der Waals surface area contributed by atoms with Gasteiger partial charge in [0.25, 0.3) is 0 Å². The van der Waals surface area contributed by atoms with Crippen LogP contribution in [0.15, 0.2) is 48.5 Å². The molecule has 2 aromatic carbocycles. The lowest BCUT2D eigenvalue weighted by Crippen LogP contribution is -2.43. The van der Waals surface area contributed by atoms with Crippen molar-refractivity contribution in [3.63, 3.8) is 0 Å². The van der Waals surface area contributed by atoms with Gasteiger partial charge >= 0.3 is 0 Å². The monoisotopic (exact) mass is 306 g/mol. The van der Waals surface area contributed by atoms with E-state index in [0.717, 1.165) is 5.92 Å². The van der Waals surface area contributed by atoms with Gasteiger partial charge in [0, 0.05) is 11.3 Å². The fraction of sp³-hybridized carbons (Fsp3) is 0.478. The maximum atomic E-state index is 2.41. The molecule has 0 heterocycles. The van der Waals surface area contributed by atoms with E-state index in [2.05, 4.69) is 48.5 Å². The van der Waals surface area contributed by atoms with Gasteiger partial charge in [0.15, 0.2) is 0 Å². The normalized spacial score (nSPS) is 28.3. The van der Waals surface area contributed by atoms with Crippen molar-refractivity contribution in [1.82, 2.24) is 0 Å². The van der Waals surface area contributed by atoms with E-state index in [1.807, 2.05) is 27.7 Å². The highest BCUT2D eigenvalue weighted by Crippen LogP contribution is 2.64. The summed E-state index contributed by atoms with van der Waals surface area (Å²) in [7, 11) is 0. The van der Waals surface area contributed by atoms with Crippen molar-refractivity contribution in [3.8, 4) is 0 Å². The molecular formula is C23H30. The van der Waals surface area contributed by atoms with Crippen LogP contribution in [-0.2, 0) is 5.41 Å².